The van der Waals surface area contributed by atoms with Gasteiger partial charge >= 0.3 is 18.0 Å². The van der Waals surface area contributed by atoms with Gasteiger partial charge < -0.3 is 4.74 Å². The highest BCUT2D eigenvalue weighted by Gasteiger charge is 2.74. The number of benzene rings is 2. The molecule has 154 valence electrons. The predicted molar refractivity (Wildman–Crippen MR) is 92.1 cm³/mol. The molecule has 0 fully saturated rings. The van der Waals surface area contributed by atoms with E-state index < -0.39 is 29.1 Å². The number of alkyl halides is 7. The van der Waals surface area contributed by atoms with Crippen molar-refractivity contribution in [3.8, 4) is 16.9 Å². The first-order valence-corrected chi connectivity index (χ1v) is 8.54. The average Bonchev–Trinajstić information content (AvgIpc) is 2.64. The van der Waals surface area contributed by atoms with Crippen LogP contribution in [0.15, 0.2) is 36.4 Å². The van der Waals surface area contributed by atoms with Crippen molar-refractivity contribution in [1.82, 2.24) is 0 Å². The molecule has 2 aromatic rings. The van der Waals surface area contributed by atoms with Gasteiger partial charge in [0.1, 0.15) is 5.75 Å². The van der Waals surface area contributed by atoms with Gasteiger partial charge in [0.15, 0.2) is 0 Å². The van der Waals surface area contributed by atoms with Crippen LogP contribution in [0.4, 0.5) is 30.7 Å². The Bertz CT molecular complexity index is 823. The van der Waals surface area contributed by atoms with E-state index in [0.717, 1.165) is 0 Å². The van der Waals surface area contributed by atoms with E-state index in [4.69, 9.17) is 4.74 Å². The lowest BCUT2D eigenvalue weighted by Crippen LogP contribution is -2.50. The number of rotatable bonds is 5. The Hall–Kier alpha value is -2.25. The molecule has 0 spiro atoms. The normalized spacial score (nSPS) is 12.9. The molecule has 0 aliphatic carbocycles. The van der Waals surface area contributed by atoms with E-state index in [1.807, 2.05) is 0 Å². The Morgan fingerprint density at radius 2 is 1.39 bits per heavy atom. The highest BCUT2D eigenvalue weighted by atomic mass is 19.4. The van der Waals surface area contributed by atoms with Crippen molar-refractivity contribution in [1.29, 1.82) is 0 Å². The van der Waals surface area contributed by atoms with Gasteiger partial charge in [0.2, 0.25) is 0 Å². The van der Waals surface area contributed by atoms with Crippen molar-refractivity contribution in [3.63, 3.8) is 0 Å². The fraction of sp³-hybridized carbons (Fsp3) is 0.400. The maximum absolute atomic E-state index is 15.1. The summed E-state index contributed by atoms with van der Waals surface area (Å²) in [6.07, 6.45) is -12.1. The van der Waals surface area contributed by atoms with E-state index in [-0.39, 0.29) is 35.3 Å². The maximum atomic E-state index is 15.1. The van der Waals surface area contributed by atoms with Crippen LogP contribution in [-0.2, 0) is 18.5 Å². The molecule has 0 aliphatic rings. The fourth-order valence-electron chi connectivity index (χ4n) is 3.16. The van der Waals surface area contributed by atoms with Crippen LogP contribution in [0.1, 0.15) is 30.5 Å². The van der Waals surface area contributed by atoms with Crippen LogP contribution >= 0.6 is 0 Å². The number of hydrogen-bond acceptors (Lipinski definition) is 1. The molecule has 1 nitrogen and oxygen atoms in total. The quantitative estimate of drug-likeness (QED) is 0.496. The summed E-state index contributed by atoms with van der Waals surface area (Å²) in [4.78, 5) is 0. The van der Waals surface area contributed by atoms with Crippen molar-refractivity contribution < 1.29 is 35.5 Å². The third-order valence-corrected chi connectivity index (χ3v) is 4.60. The molecule has 0 heterocycles. The van der Waals surface area contributed by atoms with Gasteiger partial charge in [-0.3, -0.25) is 0 Å². The second-order valence-electron chi connectivity index (χ2n) is 6.24. The molecule has 0 aliphatic heterocycles. The van der Waals surface area contributed by atoms with E-state index in [0.29, 0.717) is 6.07 Å². The lowest BCUT2D eigenvalue weighted by molar-refractivity contribution is -0.348. The molecule has 0 atom stereocenters. The number of methoxy groups -OCH3 is 1. The number of aryl methyl sites for hydroxylation is 2. The first-order chi connectivity index (χ1) is 12.9. The molecule has 0 bridgehead atoms. The van der Waals surface area contributed by atoms with Gasteiger partial charge in [0.05, 0.1) is 7.11 Å². The van der Waals surface area contributed by atoms with E-state index in [9.17, 15) is 26.3 Å². The third kappa shape index (κ3) is 3.56. The van der Waals surface area contributed by atoms with Crippen LogP contribution in [0.3, 0.4) is 0 Å². The van der Waals surface area contributed by atoms with Gasteiger partial charge in [-0.15, -0.1) is 0 Å². The molecule has 0 saturated heterocycles. The summed E-state index contributed by atoms with van der Waals surface area (Å²) < 4.78 is 101. The number of para-hydroxylation sites is 1. The minimum Gasteiger partial charge on any atom is -0.496 e. The zero-order valence-corrected chi connectivity index (χ0v) is 15.4. The topological polar surface area (TPSA) is 9.23 Å². The minimum atomic E-state index is -6.20. The van der Waals surface area contributed by atoms with E-state index in [1.54, 1.807) is 13.8 Å². The van der Waals surface area contributed by atoms with Crippen LogP contribution in [0.5, 0.6) is 5.75 Å². The van der Waals surface area contributed by atoms with Gasteiger partial charge in [-0.25, -0.2) is 4.39 Å². The second kappa shape index (κ2) is 7.64. The molecule has 8 heteroatoms. The molecule has 2 rings (SSSR count). The summed E-state index contributed by atoms with van der Waals surface area (Å²) in [5.74, 6) is 0.0504. The Morgan fingerprint density at radius 3 is 1.86 bits per heavy atom. The number of hydrogen-bond donors (Lipinski definition) is 0. The minimum absolute atomic E-state index is 0.0324. The zero-order valence-electron chi connectivity index (χ0n) is 15.4. The molecule has 0 saturated carbocycles. The van der Waals surface area contributed by atoms with Crippen LogP contribution in [0.2, 0.25) is 0 Å². The molecular formula is C20H19F7O. The molecule has 0 aromatic heterocycles. The van der Waals surface area contributed by atoms with Crippen molar-refractivity contribution >= 4 is 0 Å². The highest BCUT2D eigenvalue weighted by molar-refractivity contribution is 5.78. The molecule has 0 amide bonds. The maximum Gasteiger partial charge on any atom is 0.435 e. The first kappa shape index (κ1) is 22.0. The Labute approximate surface area is 158 Å². The summed E-state index contributed by atoms with van der Waals surface area (Å²) in [6, 6.07) is 7.82. The van der Waals surface area contributed by atoms with Gasteiger partial charge in [-0.05, 0) is 35.6 Å². The summed E-state index contributed by atoms with van der Waals surface area (Å²) in [7, 11) is 1.24. The van der Waals surface area contributed by atoms with E-state index in [2.05, 4.69) is 0 Å². The Morgan fingerprint density at radius 1 is 0.821 bits per heavy atom. The fourth-order valence-corrected chi connectivity index (χ4v) is 3.16. The lowest BCUT2D eigenvalue weighted by Gasteiger charge is -2.33. The number of halogens is 7. The van der Waals surface area contributed by atoms with Crippen LogP contribution in [0, 0.1) is 0 Å². The van der Waals surface area contributed by atoms with Crippen molar-refractivity contribution in [2.24, 2.45) is 0 Å². The van der Waals surface area contributed by atoms with Crippen molar-refractivity contribution in [3.05, 3.63) is 53.1 Å². The van der Waals surface area contributed by atoms with Gasteiger partial charge in [-0.2, -0.15) is 26.3 Å². The molecule has 2 aromatic carbocycles. The lowest BCUT2D eigenvalue weighted by atomic mass is 9.82. The number of ether oxygens (including phenoxy) is 1. The molecule has 28 heavy (non-hydrogen) atoms. The Balaban J connectivity index is 3.05. The second-order valence-corrected chi connectivity index (χ2v) is 6.24. The zero-order chi connectivity index (χ0) is 21.3. The van der Waals surface area contributed by atoms with E-state index >= 15 is 4.39 Å². The van der Waals surface area contributed by atoms with E-state index in [1.165, 1.54) is 37.4 Å². The third-order valence-electron chi connectivity index (χ3n) is 4.60. The molecule has 0 radical (unpaired) electrons. The molecule has 0 N–H and O–H groups in total. The summed E-state index contributed by atoms with van der Waals surface area (Å²) >= 11 is 0. The Kier molecular flexibility index (Phi) is 6.01. The predicted octanol–water partition coefficient (Wildman–Crippen LogP) is 6.78. The molecular weight excluding hydrogens is 389 g/mol. The smallest absolute Gasteiger partial charge is 0.435 e. The average molecular weight is 408 g/mol. The highest BCUT2D eigenvalue weighted by Crippen LogP contribution is 2.56. The van der Waals surface area contributed by atoms with Crippen LogP contribution < -0.4 is 4.74 Å². The van der Waals surface area contributed by atoms with Gasteiger partial charge in [0, 0.05) is 11.1 Å². The first-order valence-electron chi connectivity index (χ1n) is 8.54. The summed E-state index contributed by atoms with van der Waals surface area (Å²) in [6.45, 7) is 3.15. The molecule has 0 unspecified atom stereocenters. The van der Waals surface area contributed by atoms with Crippen molar-refractivity contribution in [2.75, 3.05) is 7.11 Å². The monoisotopic (exact) mass is 408 g/mol. The van der Waals surface area contributed by atoms with Gasteiger partial charge in [-0.1, -0.05) is 44.2 Å². The van der Waals surface area contributed by atoms with Crippen molar-refractivity contribution in [2.45, 2.75) is 44.7 Å². The summed E-state index contributed by atoms with van der Waals surface area (Å²) in [5.41, 5.74) is -7.11. The SMILES string of the molecule is CCc1cc(CC)c(-c2ccccc2OC)c(C(F)(C(F)(F)F)C(F)(F)F)c1. The standard InChI is InChI=1S/C20H19F7O/c1-4-12-10-13(5-2)17(14-8-6-7-9-16(14)28-3)15(11-12)18(21,19(22,23)24)20(25,26)27/h6-11H,4-5H2,1-3H3. The van der Waals surface area contributed by atoms with Gasteiger partial charge in [0.25, 0.3) is 0 Å². The van der Waals surface area contributed by atoms with Crippen LogP contribution in [-0.4, -0.2) is 19.5 Å². The summed E-state index contributed by atoms with van der Waals surface area (Å²) in [5, 5.41) is 0. The largest absolute Gasteiger partial charge is 0.496 e. The van der Waals surface area contributed by atoms with Crippen LogP contribution in [0.25, 0.3) is 11.1 Å².